The lowest BCUT2D eigenvalue weighted by molar-refractivity contribution is -0.137. The summed E-state index contributed by atoms with van der Waals surface area (Å²) in [6, 6.07) is 2.14. The van der Waals surface area contributed by atoms with Gasteiger partial charge >= 0.3 is 6.18 Å². The first kappa shape index (κ1) is 13.5. The van der Waals surface area contributed by atoms with E-state index >= 15 is 0 Å². The topological polar surface area (TPSA) is 16.1 Å². The summed E-state index contributed by atoms with van der Waals surface area (Å²) in [4.78, 5) is 5.90. The molecule has 1 saturated heterocycles. The van der Waals surface area contributed by atoms with E-state index in [2.05, 4.69) is 11.9 Å². The average molecular weight is 279 g/mol. The van der Waals surface area contributed by atoms with E-state index in [1.54, 1.807) is 0 Å². The van der Waals surface area contributed by atoms with E-state index in [0.29, 0.717) is 24.2 Å². The van der Waals surface area contributed by atoms with Crippen LogP contribution in [0.2, 0.25) is 0 Å². The number of hydrogen-bond donors (Lipinski definition) is 0. The summed E-state index contributed by atoms with van der Waals surface area (Å²) < 4.78 is 37.9. The van der Waals surface area contributed by atoms with Crippen molar-refractivity contribution < 1.29 is 13.2 Å². The number of hydrogen-bond acceptors (Lipinski definition) is 2. The largest absolute Gasteiger partial charge is 0.416 e. The molecule has 0 bridgehead atoms. The van der Waals surface area contributed by atoms with Gasteiger partial charge in [-0.1, -0.05) is 6.92 Å². The Labute approximate surface area is 109 Å². The molecule has 100 valence electrons. The van der Waals surface area contributed by atoms with Gasteiger partial charge in [0.05, 0.1) is 5.56 Å². The third-order valence-corrected chi connectivity index (χ3v) is 3.72. The smallest absolute Gasteiger partial charge is 0.352 e. The Morgan fingerprint density at radius 3 is 2.83 bits per heavy atom. The van der Waals surface area contributed by atoms with Crippen molar-refractivity contribution >= 4 is 17.4 Å². The normalized spacial score (nSPS) is 24.6. The van der Waals surface area contributed by atoms with Gasteiger partial charge in [-0.25, -0.2) is 4.98 Å². The van der Waals surface area contributed by atoms with E-state index in [0.717, 1.165) is 18.6 Å². The number of halogens is 4. The Hall–Kier alpha value is -0.970. The number of aromatic nitrogens is 1. The van der Waals surface area contributed by atoms with Crippen LogP contribution in [0.3, 0.4) is 0 Å². The van der Waals surface area contributed by atoms with E-state index < -0.39 is 11.7 Å². The van der Waals surface area contributed by atoms with Crippen molar-refractivity contribution in [2.75, 3.05) is 17.3 Å². The molecule has 2 rings (SSSR count). The minimum absolute atomic E-state index is 0.0580. The van der Waals surface area contributed by atoms with Crippen LogP contribution in [0.4, 0.5) is 19.0 Å². The fraction of sp³-hybridized carbons (Fsp3) is 0.583. The van der Waals surface area contributed by atoms with Gasteiger partial charge in [0.2, 0.25) is 0 Å². The molecule has 18 heavy (non-hydrogen) atoms. The lowest BCUT2D eigenvalue weighted by Crippen LogP contribution is -2.34. The second-order valence-corrected chi connectivity index (χ2v) is 4.89. The number of anilines is 1. The van der Waals surface area contributed by atoms with Crippen LogP contribution in [-0.4, -0.2) is 23.5 Å². The van der Waals surface area contributed by atoms with Gasteiger partial charge in [0.15, 0.2) is 0 Å². The minimum Gasteiger partial charge on any atom is -0.352 e. The van der Waals surface area contributed by atoms with Crippen LogP contribution in [0.1, 0.15) is 18.9 Å². The van der Waals surface area contributed by atoms with E-state index in [4.69, 9.17) is 11.6 Å². The van der Waals surface area contributed by atoms with Crippen LogP contribution in [0.25, 0.3) is 0 Å². The van der Waals surface area contributed by atoms with E-state index in [1.165, 1.54) is 6.20 Å². The third kappa shape index (κ3) is 2.55. The summed E-state index contributed by atoms with van der Waals surface area (Å²) in [6.45, 7) is 2.76. The zero-order chi connectivity index (χ0) is 13.3. The summed E-state index contributed by atoms with van der Waals surface area (Å²) in [5, 5.41) is 0. The van der Waals surface area contributed by atoms with E-state index in [9.17, 15) is 13.2 Å². The van der Waals surface area contributed by atoms with Crippen LogP contribution in [0, 0.1) is 5.92 Å². The molecule has 0 N–H and O–H groups in total. The van der Waals surface area contributed by atoms with E-state index in [-0.39, 0.29) is 6.04 Å². The molecular weight excluding hydrogens is 265 g/mol. The van der Waals surface area contributed by atoms with Crippen LogP contribution in [-0.2, 0) is 6.18 Å². The second kappa shape index (κ2) is 4.96. The highest BCUT2D eigenvalue weighted by Gasteiger charge is 2.34. The monoisotopic (exact) mass is 278 g/mol. The molecule has 6 heteroatoms. The lowest BCUT2D eigenvalue weighted by Gasteiger charge is -2.26. The fourth-order valence-electron chi connectivity index (χ4n) is 2.28. The van der Waals surface area contributed by atoms with Crippen LogP contribution in [0.5, 0.6) is 0 Å². The first-order chi connectivity index (χ1) is 8.43. The number of rotatable bonds is 2. The predicted molar refractivity (Wildman–Crippen MR) is 64.9 cm³/mol. The molecular formula is C12H14ClF3N2. The Kier molecular flexibility index (Phi) is 3.71. The van der Waals surface area contributed by atoms with Gasteiger partial charge in [-0.3, -0.25) is 0 Å². The quantitative estimate of drug-likeness (QED) is 0.769. The zero-order valence-electron chi connectivity index (χ0n) is 9.91. The summed E-state index contributed by atoms with van der Waals surface area (Å²) >= 11 is 5.89. The highest BCUT2D eigenvalue weighted by molar-refractivity contribution is 6.18. The Bertz CT molecular complexity index is 422. The Morgan fingerprint density at radius 1 is 1.50 bits per heavy atom. The highest BCUT2D eigenvalue weighted by Crippen LogP contribution is 2.34. The molecule has 2 heterocycles. The molecule has 1 aromatic heterocycles. The van der Waals surface area contributed by atoms with Gasteiger partial charge in [0, 0.05) is 24.7 Å². The first-order valence-corrected chi connectivity index (χ1v) is 6.33. The van der Waals surface area contributed by atoms with Crippen LogP contribution >= 0.6 is 11.6 Å². The summed E-state index contributed by atoms with van der Waals surface area (Å²) in [5.74, 6) is 1.14. The predicted octanol–water partition coefficient (Wildman–Crippen LogP) is 3.55. The van der Waals surface area contributed by atoms with Crippen molar-refractivity contribution in [3.8, 4) is 0 Å². The molecule has 2 nitrogen and oxygen atoms in total. The SMILES string of the molecule is CC1CCN(c2cc(C(F)(F)F)ccn2)C1CCl. The fourth-order valence-corrected chi connectivity index (χ4v) is 2.75. The molecule has 0 amide bonds. The number of pyridine rings is 1. The Morgan fingerprint density at radius 2 is 2.22 bits per heavy atom. The molecule has 1 fully saturated rings. The summed E-state index contributed by atoms with van der Waals surface area (Å²) in [6.07, 6.45) is -2.21. The van der Waals surface area contributed by atoms with Crippen LogP contribution < -0.4 is 4.90 Å². The highest BCUT2D eigenvalue weighted by atomic mass is 35.5. The molecule has 2 unspecified atom stereocenters. The molecule has 0 spiro atoms. The standard InChI is InChI=1S/C12H14ClF3N2/c1-8-3-5-18(10(8)7-13)11-6-9(2-4-17-11)12(14,15)16/h2,4,6,8,10H,3,5,7H2,1H3. The number of nitrogens with zero attached hydrogens (tertiary/aromatic N) is 2. The number of alkyl halides is 4. The first-order valence-electron chi connectivity index (χ1n) is 5.79. The summed E-state index contributed by atoms with van der Waals surface area (Å²) in [5.41, 5.74) is -0.666. The van der Waals surface area contributed by atoms with Crippen LogP contribution in [0.15, 0.2) is 18.3 Å². The summed E-state index contributed by atoms with van der Waals surface area (Å²) in [7, 11) is 0. The molecule has 0 radical (unpaired) electrons. The second-order valence-electron chi connectivity index (χ2n) is 4.58. The molecule has 1 aliphatic rings. The van der Waals surface area contributed by atoms with Crippen molar-refractivity contribution in [3.63, 3.8) is 0 Å². The molecule has 0 aromatic carbocycles. The Balaban J connectivity index is 2.29. The van der Waals surface area contributed by atoms with Gasteiger partial charge in [0.25, 0.3) is 0 Å². The third-order valence-electron chi connectivity index (χ3n) is 3.41. The molecule has 0 saturated carbocycles. The maximum Gasteiger partial charge on any atom is 0.416 e. The van der Waals surface area contributed by atoms with Crippen molar-refractivity contribution in [2.24, 2.45) is 5.92 Å². The van der Waals surface area contributed by atoms with Crippen molar-refractivity contribution in [1.82, 2.24) is 4.98 Å². The molecule has 1 aliphatic heterocycles. The van der Waals surface area contributed by atoms with Crippen molar-refractivity contribution in [3.05, 3.63) is 23.9 Å². The average Bonchev–Trinajstić information content (AvgIpc) is 2.69. The van der Waals surface area contributed by atoms with Gasteiger partial charge in [-0.15, -0.1) is 11.6 Å². The van der Waals surface area contributed by atoms with Crippen molar-refractivity contribution in [1.29, 1.82) is 0 Å². The maximum absolute atomic E-state index is 12.6. The minimum atomic E-state index is -4.33. The van der Waals surface area contributed by atoms with Crippen molar-refractivity contribution in [2.45, 2.75) is 25.6 Å². The molecule has 0 aliphatic carbocycles. The van der Waals surface area contributed by atoms with Gasteiger partial charge < -0.3 is 4.90 Å². The van der Waals surface area contributed by atoms with Gasteiger partial charge in [-0.2, -0.15) is 13.2 Å². The molecule has 2 atom stereocenters. The maximum atomic E-state index is 12.6. The van der Waals surface area contributed by atoms with Gasteiger partial charge in [0.1, 0.15) is 5.82 Å². The lowest BCUT2D eigenvalue weighted by atomic mass is 10.1. The molecule has 1 aromatic rings. The zero-order valence-corrected chi connectivity index (χ0v) is 10.7. The van der Waals surface area contributed by atoms with E-state index in [1.807, 2.05) is 4.90 Å². The van der Waals surface area contributed by atoms with Gasteiger partial charge in [-0.05, 0) is 24.5 Å².